The number of oxazole rings is 1. The zero-order valence-electron chi connectivity index (χ0n) is 27.1. The number of aliphatic hydroxyl groups excluding tert-OH is 1. The fraction of sp³-hybridized carbons (Fsp3) is 0.243. The maximum Gasteiger partial charge on any atom is 0.305 e. The lowest BCUT2D eigenvalue weighted by molar-refractivity contribution is -0.137. The Morgan fingerprint density at radius 2 is 1.88 bits per heavy atom. The van der Waals surface area contributed by atoms with Crippen molar-refractivity contribution >= 4 is 39.5 Å². The Kier molecular flexibility index (Phi) is 8.38. The van der Waals surface area contributed by atoms with E-state index >= 15 is 0 Å². The molecule has 6 aromatic rings. The molecule has 0 radical (unpaired) electrons. The first-order valence-corrected chi connectivity index (χ1v) is 16.0. The number of fused-ring (bicyclic) bond motifs is 2. The number of nitriles is 1. The molecule has 0 bridgehead atoms. The van der Waals surface area contributed by atoms with Crippen molar-refractivity contribution in [3.63, 3.8) is 0 Å². The number of anilines is 2. The Morgan fingerprint density at radius 3 is 2.63 bits per heavy atom. The molecule has 7 rings (SSSR count). The molecule has 0 spiro atoms. The van der Waals surface area contributed by atoms with Gasteiger partial charge in [-0.3, -0.25) is 20.1 Å². The predicted molar refractivity (Wildman–Crippen MR) is 184 cm³/mol. The smallest absolute Gasteiger partial charge is 0.305 e. The number of hydrogen-bond donors (Lipinski definition) is 4. The van der Waals surface area contributed by atoms with E-state index in [1.54, 1.807) is 6.20 Å². The van der Waals surface area contributed by atoms with Gasteiger partial charge in [-0.1, -0.05) is 24.3 Å². The van der Waals surface area contributed by atoms with E-state index in [9.17, 15) is 15.2 Å². The maximum atomic E-state index is 11.1. The number of nitrogens with zero attached hydrogens (tertiary/aromatic N) is 6. The number of β-amino-alcohol motifs (C(OH)–C–C–N with tert-alkyl or cyclic N) is 1. The standard InChI is InChI=1S/C37H34N8O4/c1-21-27(5-3-7-29(21)37-43-33-34(49-37)25(16-38)19-45(35(33)39)14-11-31(47)48)28-6-4-8-30(22(28)2)42-36-32-24(9-12-40-36)15-23(17-41-32)18-44-13-10-26(46)20-44/h3-9,12,15,17,19,26,39,46H,10-11,13-14,18,20H2,1-2H3,(H,40,42)(H,47,48)/t26-/m1/s1. The largest absolute Gasteiger partial charge is 0.481 e. The highest BCUT2D eigenvalue weighted by atomic mass is 16.4. The summed E-state index contributed by atoms with van der Waals surface area (Å²) in [6.07, 6.45) is 5.44. The number of aryl methyl sites for hydroxylation is 1. The molecule has 0 amide bonds. The van der Waals surface area contributed by atoms with E-state index in [1.165, 1.54) is 10.8 Å². The Morgan fingerprint density at radius 1 is 1.10 bits per heavy atom. The normalized spacial score (nSPS) is 14.8. The van der Waals surface area contributed by atoms with Crippen LogP contribution in [-0.4, -0.2) is 59.8 Å². The Balaban J connectivity index is 1.21. The first kappa shape index (κ1) is 31.7. The number of pyridine rings is 3. The van der Waals surface area contributed by atoms with Gasteiger partial charge in [-0.15, -0.1) is 0 Å². The summed E-state index contributed by atoms with van der Waals surface area (Å²) in [7, 11) is 0. The molecule has 0 unspecified atom stereocenters. The number of rotatable bonds is 9. The topological polar surface area (TPSA) is 177 Å². The van der Waals surface area contributed by atoms with Crippen LogP contribution in [0.5, 0.6) is 0 Å². The third kappa shape index (κ3) is 6.13. The van der Waals surface area contributed by atoms with E-state index in [2.05, 4.69) is 38.4 Å². The molecule has 1 fully saturated rings. The molecule has 246 valence electrons. The van der Waals surface area contributed by atoms with Crippen LogP contribution in [-0.2, 0) is 17.9 Å². The number of carbonyl (C=O) groups is 1. The summed E-state index contributed by atoms with van der Waals surface area (Å²) in [6, 6.07) is 18.1. The maximum absolute atomic E-state index is 11.1. The predicted octanol–water partition coefficient (Wildman–Crippen LogP) is 5.66. The summed E-state index contributed by atoms with van der Waals surface area (Å²) >= 11 is 0. The van der Waals surface area contributed by atoms with Gasteiger partial charge in [-0.2, -0.15) is 5.26 Å². The van der Waals surface area contributed by atoms with Gasteiger partial charge in [0.25, 0.3) is 0 Å². The monoisotopic (exact) mass is 654 g/mol. The minimum atomic E-state index is -0.997. The lowest BCUT2D eigenvalue weighted by Crippen LogP contribution is -2.22. The minimum Gasteiger partial charge on any atom is -0.481 e. The van der Waals surface area contributed by atoms with Crippen molar-refractivity contribution in [1.29, 1.82) is 10.7 Å². The zero-order chi connectivity index (χ0) is 34.2. The molecule has 0 saturated carbocycles. The molecule has 1 aliphatic heterocycles. The van der Waals surface area contributed by atoms with Crippen LogP contribution >= 0.6 is 0 Å². The van der Waals surface area contributed by atoms with Crippen molar-refractivity contribution < 1.29 is 19.4 Å². The Bertz CT molecular complexity index is 2360. The Hall–Kier alpha value is -5.90. The lowest BCUT2D eigenvalue weighted by atomic mass is 9.93. The highest BCUT2D eigenvalue weighted by Gasteiger charge is 2.21. The van der Waals surface area contributed by atoms with Gasteiger partial charge in [-0.25, -0.2) is 9.97 Å². The van der Waals surface area contributed by atoms with Crippen molar-refractivity contribution in [1.82, 2.24) is 24.4 Å². The van der Waals surface area contributed by atoms with Crippen LogP contribution in [0.1, 0.15) is 35.1 Å². The van der Waals surface area contributed by atoms with Gasteiger partial charge in [0.15, 0.2) is 22.4 Å². The highest BCUT2D eigenvalue weighted by molar-refractivity contribution is 5.91. The van der Waals surface area contributed by atoms with Gasteiger partial charge in [0, 0.05) is 61.4 Å². The molecule has 4 aromatic heterocycles. The van der Waals surface area contributed by atoms with E-state index in [4.69, 9.17) is 19.9 Å². The quantitative estimate of drug-likeness (QED) is 0.152. The van der Waals surface area contributed by atoms with Gasteiger partial charge in [0.1, 0.15) is 17.1 Å². The molecule has 12 heteroatoms. The van der Waals surface area contributed by atoms with Gasteiger partial charge in [0.05, 0.1) is 12.5 Å². The molecular weight excluding hydrogens is 620 g/mol. The number of nitrogens with one attached hydrogen (secondary N) is 2. The average Bonchev–Trinajstić information content (AvgIpc) is 3.72. The summed E-state index contributed by atoms with van der Waals surface area (Å²) in [5, 5.41) is 41.9. The van der Waals surface area contributed by atoms with Crippen LogP contribution in [0.2, 0.25) is 0 Å². The molecule has 1 atom stereocenters. The second-order valence-corrected chi connectivity index (χ2v) is 12.4. The number of hydrogen-bond acceptors (Lipinski definition) is 10. The fourth-order valence-corrected chi connectivity index (χ4v) is 6.51. The minimum absolute atomic E-state index is 0.0205. The molecule has 5 heterocycles. The number of aliphatic hydroxyl groups is 1. The van der Waals surface area contributed by atoms with Crippen LogP contribution in [0.15, 0.2) is 71.5 Å². The van der Waals surface area contributed by atoms with Crippen LogP contribution < -0.4 is 10.8 Å². The van der Waals surface area contributed by atoms with Gasteiger partial charge < -0.3 is 24.5 Å². The number of likely N-dealkylation sites (tertiary alicyclic amines) is 1. The highest BCUT2D eigenvalue weighted by Crippen LogP contribution is 2.37. The van der Waals surface area contributed by atoms with Crippen molar-refractivity contribution in [2.45, 2.75) is 45.9 Å². The molecule has 1 saturated heterocycles. The SMILES string of the molecule is Cc1c(Nc2nccc3cc(CN4CC[C@@H](O)C4)cnc23)cccc1-c1cccc(-c2nc3c(=N)n(CCC(=O)O)cc(C#N)c3o2)c1C. The number of carboxylic acids is 1. The van der Waals surface area contributed by atoms with E-state index in [1.807, 2.05) is 56.4 Å². The van der Waals surface area contributed by atoms with Gasteiger partial charge in [-0.05, 0) is 72.4 Å². The summed E-state index contributed by atoms with van der Waals surface area (Å²) < 4.78 is 7.52. The van der Waals surface area contributed by atoms with Crippen LogP contribution in [0.3, 0.4) is 0 Å². The molecule has 49 heavy (non-hydrogen) atoms. The van der Waals surface area contributed by atoms with Crippen molar-refractivity contribution in [3.05, 3.63) is 94.9 Å². The average molecular weight is 655 g/mol. The summed E-state index contributed by atoms with van der Waals surface area (Å²) in [6.45, 7) is 6.36. The number of aliphatic carboxylic acids is 1. The van der Waals surface area contributed by atoms with Crippen LogP contribution in [0.25, 0.3) is 44.6 Å². The Labute approximate surface area is 281 Å². The van der Waals surface area contributed by atoms with Crippen molar-refractivity contribution in [2.24, 2.45) is 0 Å². The fourth-order valence-electron chi connectivity index (χ4n) is 6.51. The van der Waals surface area contributed by atoms with Crippen molar-refractivity contribution in [3.8, 4) is 28.7 Å². The van der Waals surface area contributed by atoms with E-state index < -0.39 is 5.97 Å². The van der Waals surface area contributed by atoms with Gasteiger partial charge in [0.2, 0.25) is 5.89 Å². The number of carboxylic acid groups (broad SMARTS) is 1. The molecule has 2 aromatic carbocycles. The van der Waals surface area contributed by atoms with E-state index in [-0.39, 0.29) is 47.1 Å². The van der Waals surface area contributed by atoms with Crippen LogP contribution in [0, 0.1) is 30.6 Å². The second-order valence-electron chi connectivity index (χ2n) is 12.4. The molecule has 4 N–H and O–H groups in total. The molecule has 1 aliphatic rings. The van der Waals surface area contributed by atoms with E-state index in [0.29, 0.717) is 17.9 Å². The third-order valence-corrected chi connectivity index (χ3v) is 9.11. The first-order valence-electron chi connectivity index (χ1n) is 16.0. The van der Waals surface area contributed by atoms with E-state index in [0.717, 1.165) is 63.9 Å². The summed E-state index contributed by atoms with van der Waals surface area (Å²) in [5.41, 5.74) is 7.86. The lowest BCUT2D eigenvalue weighted by Gasteiger charge is -2.17. The molecule has 12 nitrogen and oxygen atoms in total. The summed E-state index contributed by atoms with van der Waals surface area (Å²) in [4.78, 5) is 27.4. The number of benzene rings is 2. The zero-order valence-corrected chi connectivity index (χ0v) is 27.1. The first-order chi connectivity index (χ1) is 23.7. The summed E-state index contributed by atoms with van der Waals surface area (Å²) in [5.74, 6) is -0.0744. The van der Waals surface area contributed by atoms with Crippen molar-refractivity contribution in [2.75, 3.05) is 18.4 Å². The third-order valence-electron chi connectivity index (χ3n) is 9.11. The molecular formula is C37H34N8O4. The van der Waals surface area contributed by atoms with Crippen LogP contribution in [0.4, 0.5) is 11.5 Å². The van der Waals surface area contributed by atoms with Gasteiger partial charge >= 0.3 is 5.97 Å². The number of aromatic nitrogens is 4. The second kappa shape index (κ2) is 13.0. The molecule has 0 aliphatic carbocycles.